The van der Waals surface area contributed by atoms with E-state index in [9.17, 15) is 9.90 Å². The summed E-state index contributed by atoms with van der Waals surface area (Å²) in [6.07, 6.45) is 5.36. The van der Waals surface area contributed by atoms with Crippen LogP contribution in [0.3, 0.4) is 0 Å². The molecule has 1 aromatic carbocycles. The highest BCUT2D eigenvalue weighted by Gasteiger charge is 2.20. The van der Waals surface area contributed by atoms with Crippen LogP contribution in [-0.2, 0) is 11.3 Å². The number of nitrogens with zero attached hydrogens (tertiary/aromatic N) is 1. The first kappa shape index (κ1) is 13.0. The molecule has 98 valence electrons. The zero-order valence-corrected chi connectivity index (χ0v) is 10.9. The number of esters is 1. The summed E-state index contributed by atoms with van der Waals surface area (Å²) in [5.41, 5.74) is 2.02. The van der Waals surface area contributed by atoms with Crippen molar-refractivity contribution in [1.82, 2.24) is 4.57 Å². The molecule has 1 aromatic heterocycles. The number of hydrogen-bond acceptors (Lipinski definition) is 3. The van der Waals surface area contributed by atoms with Gasteiger partial charge in [-0.25, -0.2) is 4.79 Å². The molecule has 0 radical (unpaired) electrons. The number of fused-ring (bicyclic) bond motifs is 1. The predicted molar refractivity (Wildman–Crippen MR) is 73.1 cm³/mol. The largest absolute Gasteiger partial charge is 0.508 e. The summed E-state index contributed by atoms with van der Waals surface area (Å²) < 4.78 is 6.92. The van der Waals surface area contributed by atoms with Gasteiger partial charge in [0, 0.05) is 11.1 Å². The Kier molecular flexibility index (Phi) is 3.48. The van der Waals surface area contributed by atoms with Crippen LogP contribution in [0.4, 0.5) is 0 Å². The van der Waals surface area contributed by atoms with Gasteiger partial charge < -0.3 is 14.4 Å². The summed E-state index contributed by atoms with van der Waals surface area (Å²) in [6, 6.07) is 4.88. The number of phenols is 1. The molecule has 1 heterocycles. The fourth-order valence-corrected chi connectivity index (χ4v) is 2.23. The van der Waals surface area contributed by atoms with Crippen LogP contribution in [0, 0.1) is 19.3 Å². The number of carbonyl (C=O) groups is 1. The summed E-state index contributed by atoms with van der Waals surface area (Å²) in [6.45, 7) is 4.25. The van der Waals surface area contributed by atoms with Crippen LogP contribution in [0.15, 0.2) is 18.2 Å². The minimum atomic E-state index is -0.397. The molecule has 4 nitrogen and oxygen atoms in total. The Hall–Kier alpha value is -2.41. The molecule has 0 amide bonds. The number of benzene rings is 1. The molecular weight excluding hydrogens is 242 g/mol. The van der Waals surface area contributed by atoms with Gasteiger partial charge in [-0.3, -0.25) is 0 Å². The lowest BCUT2D eigenvalue weighted by Gasteiger charge is -2.04. The predicted octanol–water partition coefficient (Wildman–Crippen LogP) is 2.47. The van der Waals surface area contributed by atoms with Crippen molar-refractivity contribution >= 4 is 16.9 Å². The Bertz CT molecular complexity index is 677. The minimum absolute atomic E-state index is 0.107. The molecule has 0 fully saturated rings. The summed E-state index contributed by atoms with van der Waals surface area (Å²) in [4.78, 5) is 12.0. The van der Waals surface area contributed by atoms with Crippen molar-refractivity contribution in [2.24, 2.45) is 0 Å². The van der Waals surface area contributed by atoms with Crippen molar-refractivity contribution in [3.05, 3.63) is 29.5 Å². The third-order valence-electron chi connectivity index (χ3n) is 3.04. The maximum atomic E-state index is 12.0. The van der Waals surface area contributed by atoms with Crippen LogP contribution in [0.25, 0.3) is 10.9 Å². The van der Waals surface area contributed by atoms with E-state index in [-0.39, 0.29) is 5.75 Å². The number of phenolic OH excluding ortho intramolecular Hbond substituents is 1. The number of carbonyl (C=O) groups excluding carboxylic acids is 1. The fourth-order valence-electron chi connectivity index (χ4n) is 2.23. The van der Waals surface area contributed by atoms with Crippen molar-refractivity contribution in [1.29, 1.82) is 0 Å². The average molecular weight is 257 g/mol. The van der Waals surface area contributed by atoms with Crippen molar-refractivity contribution < 1.29 is 14.6 Å². The summed E-state index contributed by atoms with van der Waals surface area (Å²) in [7, 11) is 0. The lowest BCUT2D eigenvalue weighted by atomic mass is 10.1. The molecule has 2 rings (SSSR count). The molecule has 0 spiro atoms. The number of aromatic nitrogens is 1. The Labute approximate surface area is 111 Å². The minimum Gasteiger partial charge on any atom is -0.508 e. The van der Waals surface area contributed by atoms with Crippen LogP contribution in [0.5, 0.6) is 5.75 Å². The van der Waals surface area contributed by atoms with E-state index in [4.69, 9.17) is 11.2 Å². The zero-order valence-electron chi connectivity index (χ0n) is 10.9. The average Bonchev–Trinajstić information content (AvgIpc) is 2.63. The molecule has 0 saturated heterocycles. The van der Waals surface area contributed by atoms with Crippen molar-refractivity contribution in [2.75, 3.05) is 6.61 Å². The topological polar surface area (TPSA) is 51.5 Å². The van der Waals surface area contributed by atoms with Crippen LogP contribution >= 0.6 is 0 Å². The van der Waals surface area contributed by atoms with Gasteiger partial charge in [0.25, 0.3) is 0 Å². The summed E-state index contributed by atoms with van der Waals surface area (Å²) >= 11 is 0. The van der Waals surface area contributed by atoms with Gasteiger partial charge in [0.2, 0.25) is 0 Å². The van der Waals surface area contributed by atoms with E-state index in [1.165, 1.54) is 0 Å². The smallest absolute Gasteiger partial charge is 0.340 e. The van der Waals surface area contributed by atoms with Gasteiger partial charge in [0.15, 0.2) is 0 Å². The number of terminal acetylenes is 1. The molecule has 0 aliphatic carbocycles. The Morgan fingerprint density at radius 1 is 1.53 bits per heavy atom. The number of aromatic hydroxyl groups is 1. The van der Waals surface area contributed by atoms with Gasteiger partial charge in [-0.05, 0) is 32.0 Å². The van der Waals surface area contributed by atoms with Crippen molar-refractivity contribution in [2.45, 2.75) is 20.4 Å². The second-order valence-corrected chi connectivity index (χ2v) is 4.17. The SMILES string of the molecule is C#CCn1c(C)c(C(=O)OCC)c2cc(O)ccc21. The van der Waals surface area contributed by atoms with Crippen molar-refractivity contribution in [3.8, 4) is 18.1 Å². The number of ether oxygens (including phenoxy) is 1. The lowest BCUT2D eigenvalue weighted by Crippen LogP contribution is -2.07. The molecule has 2 aromatic rings. The molecule has 0 bridgehead atoms. The van der Waals surface area contributed by atoms with Gasteiger partial charge in [-0.2, -0.15) is 0 Å². The quantitative estimate of drug-likeness (QED) is 0.678. The monoisotopic (exact) mass is 257 g/mol. The van der Waals surface area contributed by atoms with Crippen LogP contribution in [-0.4, -0.2) is 22.2 Å². The van der Waals surface area contributed by atoms with Gasteiger partial charge in [-0.1, -0.05) is 5.92 Å². The molecule has 0 saturated carbocycles. The number of hydrogen-bond donors (Lipinski definition) is 1. The van der Waals surface area contributed by atoms with Crippen LogP contribution in [0.1, 0.15) is 23.0 Å². The lowest BCUT2D eigenvalue weighted by molar-refractivity contribution is 0.0527. The van der Waals surface area contributed by atoms with Gasteiger partial charge in [0.1, 0.15) is 5.75 Å². The van der Waals surface area contributed by atoms with E-state index < -0.39 is 5.97 Å². The standard InChI is InChI=1S/C15H15NO3/c1-4-8-16-10(3)14(15(18)19-5-2)12-9-11(17)6-7-13(12)16/h1,6-7,9,17H,5,8H2,2-3H3. The molecule has 0 aliphatic heterocycles. The first-order valence-electron chi connectivity index (χ1n) is 6.02. The number of rotatable bonds is 3. The van der Waals surface area contributed by atoms with Crippen LogP contribution in [0.2, 0.25) is 0 Å². The van der Waals surface area contributed by atoms with E-state index in [1.807, 2.05) is 11.5 Å². The molecular formula is C15H15NO3. The van der Waals surface area contributed by atoms with E-state index in [1.54, 1.807) is 25.1 Å². The van der Waals surface area contributed by atoms with E-state index in [0.29, 0.717) is 24.1 Å². The second-order valence-electron chi connectivity index (χ2n) is 4.17. The Morgan fingerprint density at radius 2 is 2.26 bits per heavy atom. The normalized spacial score (nSPS) is 10.4. The Balaban J connectivity index is 2.74. The molecule has 0 unspecified atom stereocenters. The molecule has 19 heavy (non-hydrogen) atoms. The maximum Gasteiger partial charge on any atom is 0.340 e. The Morgan fingerprint density at radius 3 is 2.89 bits per heavy atom. The van der Waals surface area contributed by atoms with Gasteiger partial charge >= 0.3 is 5.97 Å². The van der Waals surface area contributed by atoms with E-state index in [2.05, 4.69) is 5.92 Å². The van der Waals surface area contributed by atoms with E-state index >= 15 is 0 Å². The third-order valence-corrected chi connectivity index (χ3v) is 3.04. The first-order chi connectivity index (χ1) is 9.10. The highest BCUT2D eigenvalue weighted by atomic mass is 16.5. The molecule has 1 N–H and O–H groups in total. The third kappa shape index (κ3) is 2.15. The van der Waals surface area contributed by atoms with Gasteiger partial charge in [-0.15, -0.1) is 6.42 Å². The summed E-state index contributed by atoms with van der Waals surface area (Å²) in [5, 5.41) is 10.3. The second kappa shape index (κ2) is 5.07. The molecule has 0 atom stereocenters. The van der Waals surface area contributed by atoms with E-state index in [0.717, 1.165) is 11.2 Å². The fraction of sp³-hybridized carbons (Fsp3) is 0.267. The molecule has 0 aliphatic rings. The van der Waals surface area contributed by atoms with Crippen LogP contribution < -0.4 is 0 Å². The molecule has 4 heteroatoms. The zero-order chi connectivity index (χ0) is 14.0. The first-order valence-corrected chi connectivity index (χ1v) is 6.02. The van der Waals surface area contributed by atoms with Crippen molar-refractivity contribution in [3.63, 3.8) is 0 Å². The van der Waals surface area contributed by atoms with Gasteiger partial charge in [0.05, 0.1) is 24.2 Å². The highest BCUT2D eigenvalue weighted by Crippen LogP contribution is 2.29. The highest BCUT2D eigenvalue weighted by molar-refractivity contribution is 6.06. The summed E-state index contributed by atoms with van der Waals surface area (Å²) in [5.74, 6) is 2.27. The maximum absolute atomic E-state index is 12.0.